The molecule has 3 N–H and O–H groups in total. The second kappa shape index (κ2) is 6.34. The number of hydrogen-bond donors (Lipinski definition) is 2. The quantitative estimate of drug-likeness (QED) is 0.790. The molecule has 1 fully saturated rings. The van der Waals surface area contributed by atoms with E-state index in [1.54, 1.807) is 0 Å². The first-order chi connectivity index (χ1) is 11.9. The Bertz CT molecular complexity index is 869. The number of nitrogens with two attached hydrogens (primary N) is 1. The first-order valence-electron chi connectivity index (χ1n) is 7.51. The first-order valence-corrected chi connectivity index (χ1v) is 7.51. The fraction of sp³-hybridized carbons (Fsp3) is 0.312. The summed E-state index contributed by atoms with van der Waals surface area (Å²) in [5.74, 6) is -2.79. The lowest BCUT2D eigenvalue weighted by Gasteiger charge is -2.29. The van der Waals surface area contributed by atoms with Gasteiger partial charge in [0.2, 0.25) is 11.5 Å². The standard InChI is InChI=1S/C16H15F2N3O4/c17-10-3-1-9(2-4-10)13(23)16(6-5-11(8-22)25-16)21-7-12(18)14(19)20-15(21)24/h1-4,7,11,22H,5-6,8H2,(H2,19,20,24)/t11-,16-/m0/s1. The lowest BCUT2D eigenvalue weighted by molar-refractivity contribution is -0.0857. The Balaban J connectivity index is 2.15. The van der Waals surface area contributed by atoms with Gasteiger partial charge < -0.3 is 15.6 Å². The van der Waals surface area contributed by atoms with E-state index in [1.165, 1.54) is 12.1 Å². The van der Waals surface area contributed by atoms with Crippen LogP contribution in [-0.2, 0) is 10.5 Å². The van der Waals surface area contributed by atoms with Crippen LogP contribution >= 0.6 is 0 Å². The molecule has 2 aromatic rings. The van der Waals surface area contributed by atoms with E-state index in [0.29, 0.717) is 0 Å². The summed E-state index contributed by atoms with van der Waals surface area (Å²) in [4.78, 5) is 28.6. The van der Waals surface area contributed by atoms with Crippen LogP contribution in [-0.4, -0.2) is 33.2 Å². The fourth-order valence-corrected chi connectivity index (χ4v) is 2.86. The van der Waals surface area contributed by atoms with Gasteiger partial charge in [-0.05, 0) is 30.7 Å². The van der Waals surface area contributed by atoms with Gasteiger partial charge in [0.05, 0.1) is 18.9 Å². The maximum Gasteiger partial charge on any atom is 0.352 e. The number of benzene rings is 1. The molecule has 25 heavy (non-hydrogen) atoms. The number of carbonyl (C=O) groups is 1. The molecule has 132 valence electrons. The number of halogens is 2. The number of ketones is 1. The zero-order valence-corrected chi connectivity index (χ0v) is 13.0. The van der Waals surface area contributed by atoms with E-state index in [0.717, 1.165) is 22.9 Å². The Kier molecular flexibility index (Phi) is 4.36. The molecule has 1 aromatic carbocycles. The summed E-state index contributed by atoms with van der Waals surface area (Å²) in [7, 11) is 0. The van der Waals surface area contributed by atoms with Gasteiger partial charge in [-0.25, -0.2) is 13.6 Å². The van der Waals surface area contributed by atoms with Gasteiger partial charge >= 0.3 is 5.69 Å². The number of rotatable bonds is 4. The highest BCUT2D eigenvalue weighted by molar-refractivity contribution is 6.01. The molecule has 0 aliphatic carbocycles. The molecule has 0 unspecified atom stereocenters. The predicted molar refractivity (Wildman–Crippen MR) is 82.8 cm³/mol. The fourth-order valence-electron chi connectivity index (χ4n) is 2.86. The third-order valence-corrected chi connectivity index (χ3v) is 4.13. The second-order valence-corrected chi connectivity index (χ2v) is 5.71. The Morgan fingerprint density at radius 2 is 2.08 bits per heavy atom. The molecule has 0 saturated carbocycles. The van der Waals surface area contributed by atoms with Crippen molar-refractivity contribution in [3.05, 3.63) is 58.1 Å². The predicted octanol–water partition coefficient (Wildman–Crippen LogP) is 0.811. The highest BCUT2D eigenvalue weighted by Gasteiger charge is 2.49. The summed E-state index contributed by atoms with van der Waals surface area (Å²) in [6.07, 6.45) is 0.324. The van der Waals surface area contributed by atoms with Gasteiger partial charge in [-0.1, -0.05) is 0 Å². The van der Waals surface area contributed by atoms with Crippen LogP contribution in [0.1, 0.15) is 23.2 Å². The number of hydrogen-bond acceptors (Lipinski definition) is 6. The van der Waals surface area contributed by atoms with Crippen molar-refractivity contribution in [3.63, 3.8) is 0 Å². The van der Waals surface area contributed by atoms with E-state index in [-0.39, 0.29) is 25.0 Å². The number of nitrogens with zero attached hydrogens (tertiary/aromatic N) is 2. The number of anilines is 1. The maximum absolute atomic E-state index is 13.9. The summed E-state index contributed by atoms with van der Waals surface area (Å²) >= 11 is 0. The van der Waals surface area contributed by atoms with Crippen molar-refractivity contribution >= 4 is 11.6 Å². The number of aromatic nitrogens is 2. The van der Waals surface area contributed by atoms with Gasteiger partial charge in [-0.15, -0.1) is 0 Å². The zero-order valence-electron chi connectivity index (χ0n) is 13.0. The van der Waals surface area contributed by atoms with Crippen LogP contribution < -0.4 is 11.4 Å². The molecule has 1 aliphatic heterocycles. The van der Waals surface area contributed by atoms with Crippen LogP contribution in [0.3, 0.4) is 0 Å². The summed E-state index contributed by atoms with van der Waals surface area (Å²) in [6.45, 7) is -0.377. The minimum absolute atomic E-state index is 0.0133. The average molecular weight is 351 g/mol. The molecule has 9 heteroatoms. The Morgan fingerprint density at radius 1 is 1.40 bits per heavy atom. The van der Waals surface area contributed by atoms with Crippen molar-refractivity contribution in [2.24, 2.45) is 0 Å². The molecule has 2 heterocycles. The monoisotopic (exact) mass is 351 g/mol. The van der Waals surface area contributed by atoms with E-state index in [2.05, 4.69) is 4.98 Å². The topological polar surface area (TPSA) is 107 Å². The van der Waals surface area contributed by atoms with Gasteiger partial charge in [-0.2, -0.15) is 4.98 Å². The van der Waals surface area contributed by atoms with Crippen molar-refractivity contribution in [3.8, 4) is 0 Å². The van der Waals surface area contributed by atoms with E-state index in [4.69, 9.17) is 10.5 Å². The molecule has 0 spiro atoms. The van der Waals surface area contributed by atoms with Crippen LogP contribution in [0.25, 0.3) is 0 Å². The van der Waals surface area contributed by atoms with Crippen molar-refractivity contribution < 1.29 is 23.4 Å². The average Bonchev–Trinajstić information content (AvgIpc) is 3.03. The normalized spacial score (nSPS) is 22.9. The summed E-state index contributed by atoms with van der Waals surface area (Å²) in [5.41, 5.74) is 2.51. The molecule has 7 nitrogen and oxygen atoms in total. The van der Waals surface area contributed by atoms with Crippen molar-refractivity contribution in [2.75, 3.05) is 12.3 Å². The molecule has 2 atom stereocenters. The Morgan fingerprint density at radius 3 is 2.68 bits per heavy atom. The summed E-state index contributed by atoms with van der Waals surface area (Å²) in [6, 6.07) is 4.65. The summed E-state index contributed by atoms with van der Waals surface area (Å²) in [5, 5.41) is 9.32. The Hall–Kier alpha value is -2.65. The number of nitrogen functional groups attached to an aromatic ring is 1. The van der Waals surface area contributed by atoms with Crippen molar-refractivity contribution in [2.45, 2.75) is 24.7 Å². The number of Topliss-reactive ketones (excluding diaryl/α,β-unsaturated/α-hetero) is 1. The largest absolute Gasteiger partial charge is 0.394 e. The van der Waals surface area contributed by atoms with Crippen LogP contribution in [0.15, 0.2) is 35.3 Å². The van der Waals surface area contributed by atoms with Gasteiger partial charge in [0.1, 0.15) is 5.82 Å². The van der Waals surface area contributed by atoms with Crippen LogP contribution in [0.4, 0.5) is 14.6 Å². The van der Waals surface area contributed by atoms with Crippen LogP contribution in [0.5, 0.6) is 0 Å². The van der Waals surface area contributed by atoms with E-state index in [9.17, 15) is 23.5 Å². The van der Waals surface area contributed by atoms with Crippen LogP contribution in [0, 0.1) is 11.6 Å². The van der Waals surface area contributed by atoms with E-state index < -0.39 is 40.8 Å². The number of carbonyl (C=O) groups excluding carboxylic acids is 1. The smallest absolute Gasteiger partial charge is 0.352 e. The zero-order chi connectivity index (χ0) is 18.2. The number of aliphatic hydroxyl groups is 1. The third kappa shape index (κ3) is 2.92. The SMILES string of the molecule is Nc1nc(=O)n([C@@]2(C(=O)c3ccc(F)cc3)CC[C@@H](CO)O2)cc1F. The highest BCUT2D eigenvalue weighted by atomic mass is 19.1. The van der Waals surface area contributed by atoms with E-state index in [1.807, 2.05) is 0 Å². The van der Waals surface area contributed by atoms with Gasteiger partial charge in [-0.3, -0.25) is 9.36 Å². The molecular weight excluding hydrogens is 336 g/mol. The molecule has 1 aromatic heterocycles. The van der Waals surface area contributed by atoms with E-state index >= 15 is 0 Å². The minimum atomic E-state index is -1.89. The minimum Gasteiger partial charge on any atom is -0.394 e. The van der Waals surface area contributed by atoms with Gasteiger partial charge in [0.25, 0.3) is 0 Å². The second-order valence-electron chi connectivity index (χ2n) is 5.71. The number of ether oxygens (including phenoxy) is 1. The van der Waals surface area contributed by atoms with Crippen molar-refractivity contribution in [1.82, 2.24) is 9.55 Å². The summed E-state index contributed by atoms with van der Waals surface area (Å²) < 4.78 is 33.4. The van der Waals surface area contributed by atoms with Crippen molar-refractivity contribution in [1.29, 1.82) is 0 Å². The molecule has 0 radical (unpaired) electrons. The highest BCUT2D eigenvalue weighted by Crippen LogP contribution is 2.37. The molecule has 0 bridgehead atoms. The molecule has 3 rings (SSSR count). The van der Waals surface area contributed by atoms with Gasteiger partial charge in [0.15, 0.2) is 11.6 Å². The third-order valence-electron chi connectivity index (χ3n) is 4.13. The molecule has 1 aliphatic rings. The lowest BCUT2D eigenvalue weighted by Crippen LogP contribution is -2.48. The first kappa shape index (κ1) is 17.2. The van der Waals surface area contributed by atoms with Gasteiger partial charge in [0, 0.05) is 12.0 Å². The lowest BCUT2D eigenvalue weighted by atomic mass is 9.97. The molecule has 1 saturated heterocycles. The van der Waals surface area contributed by atoms with Crippen LogP contribution in [0.2, 0.25) is 0 Å². The molecule has 0 amide bonds. The number of aliphatic hydroxyl groups excluding tert-OH is 1. The maximum atomic E-state index is 13.9. The Labute approximate surface area is 140 Å². The molecular formula is C16H15F2N3O4.